The highest BCUT2D eigenvalue weighted by molar-refractivity contribution is 7.99. The maximum atomic E-state index is 12.4. The molecule has 1 aromatic heterocycles. The molecule has 6 heteroatoms. The summed E-state index contributed by atoms with van der Waals surface area (Å²) in [5.74, 6) is 2.59. The van der Waals surface area contributed by atoms with Gasteiger partial charge < -0.3 is 15.0 Å². The van der Waals surface area contributed by atoms with Gasteiger partial charge in [-0.05, 0) is 30.2 Å². The van der Waals surface area contributed by atoms with Crippen molar-refractivity contribution in [2.45, 2.75) is 6.92 Å². The zero-order valence-electron chi connectivity index (χ0n) is 13.9. The number of methoxy groups -OCH3 is 1. The van der Waals surface area contributed by atoms with Crippen LogP contribution in [-0.4, -0.2) is 47.6 Å². The van der Waals surface area contributed by atoms with E-state index >= 15 is 0 Å². The molecule has 1 aliphatic rings. The first kappa shape index (κ1) is 16.6. The molecule has 0 unspecified atom stereocenters. The third kappa shape index (κ3) is 3.82. The summed E-state index contributed by atoms with van der Waals surface area (Å²) in [4.78, 5) is 18.5. The Morgan fingerprint density at radius 3 is 2.62 bits per heavy atom. The van der Waals surface area contributed by atoms with Crippen LogP contribution in [0.3, 0.4) is 0 Å². The van der Waals surface area contributed by atoms with E-state index in [9.17, 15) is 4.79 Å². The Morgan fingerprint density at radius 2 is 1.96 bits per heavy atom. The number of rotatable bonds is 3. The molecule has 24 heavy (non-hydrogen) atoms. The van der Waals surface area contributed by atoms with Crippen molar-refractivity contribution in [3.63, 3.8) is 0 Å². The highest BCUT2D eigenvalue weighted by Crippen LogP contribution is 2.26. The van der Waals surface area contributed by atoms with Crippen LogP contribution in [0.1, 0.15) is 5.56 Å². The number of aryl methyl sites for hydroxylation is 1. The third-order valence-electron chi connectivity index (χ3n) is 4.06. The molecule has 2 heterocycles. The normalized spacial score (nSPS) is 14.3. The van der Waals surface area contributed by atoms with Crippen LogP contribution in [0, 0.1) is 6.92 Å². The summed E-state index contributed by atoms with van der Waals surface area (Å²) in [6, 6.07) is 9.81. The molecule has 0 aliphatic carbocycles. The topological polar surface area (TPSA) is 54.5 Å². The molecule has 1 N–H and O–H groups in total. The number of pyridine rings is 1. The first-order valence-corrected chi connectivity index (χ1v) is 9.07. The molecule has 0 spiro atoms. The van der Waals surface area contributed by atoms with Gasteiger partial charge in [0.15, 0.2) is 0 Å². The number of anilines is 1. The van der Waals surface area contributed by atoms with Gasteiger partial charge >= 0.3 is 6.03 Å². The van der Waals surface area contributed by atoms with E-state index < -0.39 is 0 Å². The second-order valence-electron chi connectivity index (χ2n) is 5.65. The number of urea groups is 1. The molecule has 5 nitrogen and oxygen atoms in total. The van der Waals surface area contributed by atoms with E-state index in [1.165, 1.54) is 0 Å². The molecule has 0 atom stereocenters. The second kappa shape index (κ2) is 7.57. The number of hydrogen-bond acceptors (Lipinski definition) is 4. The minimum atomic E-state index is -0.0246. The van der Waals surface area contributed by atoms with E-state index in [4.69, 9.17) is 4.74 Å². The Labute approximate surface area is 146 Å². The fraction of sp³-hybridized carbons (Fsp3) is 0.333. The lowest BCUT2D eigenvalue weighted by molar-refractivity contribution is 0.217. The van der Waals surface area contributed by atoms with Gasteiger partial charge in [-0.3, -0.25) is 0 Å². The molecular weight excluding hydrogens is 322 g/mol. The Balaban J connectivity index is 1.79. The molecular formula is C18H21N3O2S. The lowest BCUT2D eigenvalue weighted by atomic mass is 10.0. The summed E-state index contributed by atoms with van der Waals surface area (Å²) in [6.45, 7) is 3.60. The Morgan fingerprint density at radius 1 is 1.21 bits per heavy atom. The smallest absolute Gasteiger partial charge is 0.321 e. The van der Waals surface area contributed by atoms with Crippen molar-refractivity contribution in [1.82, 2.24) is 9.88 Å². The number of amides is 2. The predicted molar refractivity (Wildman–Crippen MR) is 98.9 cm³/mol. The summed E-state index contributed by atoms with van der Waals surface area (Å²) < 4.78 is 5.09. The fourth-order valence-electron chi connectivity index (χ4n) is 2.57. The standard InChI is InChI=1S/C18H21N3O2S/c1-13-3-4-14(15-5-6-17(23-2)19-12-15)11-16(13)20-18(22)21-7-9-24-10-8-21/h3-6,11-12H,7-10H2,1-2H3,(H,20,22). The van der Waals surface area contributed by atoms with Crippen LogP contribution < -0.4 is 10.1 Å². The number of thioether (sulfide) groups is 1. The average molecular weight is 343 g/mol. The summed E-state index contributed by atoms with van der Waals surface area (Å²) >= 11 is 1.89. The van der Waals surface area contributed by atoms with Crippen LogP contribution >= 0.6 is 11.8 Å². The first-order valence-electron chi connectivity index (χ1n) is 7.92. The van der Waals surface area contributed by atoms with Crippen LogP contribution in [0.2, 0.25) is 0 Å². The van der Waals surface area contributed by atoms with Gasteiger partial charge in [0.25, 0.3) is 0 Å². The van der Waals surface area contributed by atoms with Crippen LogP contribution in [-0.2, 0) is 0 Å². The van der Waals surface area contributed by atoms with E-state index in [0.717, 1.165) is 47.0 Å². The zero-order chi connectivity index (χ0) is 16.9. The summed E-state index contributed by atoms with van der Waals surface area (Å²) in [7, 11) is 1.60. The predicted octanol–water partition coefficient (Wildman–Crippen LogP) is 3.65. The third-order valence-corrected chi connectivity index (χ3v) is 5.00. The van der Waals surface area contributed by atoms with Gasteiger partial charge in [-0.2, -0.15) is 11.8 Å². The molecule has 0 saturated carbocycles. The minimum Gasteiger partial charge on any atom is -0.481 e. The molecule has 2 amide bonds. The second-order valence-corrected chi connectivity index (χ2v) is 6.87. The maximum absolute atomic E-state index is 12.4. The van der Waals surface area contributed by atoms with Gasteiger partial charge in [-0.1, -0.05) is 12.1 Å². The Hall–Kier alpha value is -2.21. The van der Waals surface area contributed by atoms with Crippen molar-refractivity contribution >= 4 is 23.5 Å². The van der Waals surface area contributed by atoms with E-state index in [2.05, 4.69) is 10.3 Å². The van der Waals surface area contributed by atoms with Gasteiger partial charge in [0, 0.05) is 48.1 Å². The van der Waals surface area contributed by atoms with Crippen LogP contribution in [0.25, 0.3) is 11.1 Å². The highest BCUT2D eigenvalue weighted by Gasteiger charge is 2.17. The van der Waals surface area contributed by atoms with Gasteiger partial charge in [0.05, 0.1) is 7.11 Å². The summed E-state index contributed by atoms with van der Waals surface area (Å²) in [5.41, 5.74) is 3.88. The van der Waals surface area contributed by atoms with Crippen LogP contribution in [0.15, 0.2) is 36.5 Å². The molecule has 1 aliphatic heterocycles. The summed E-state index contributed by atoms with van der Waals surface area (Å²) in [5, 5.41) is 3.05. The molecule has 0 radical (unpaired) electrons. The minimum absolute atomic E-state index is 0.0246. The molecule has 126 valence electrons. The number of aromatic nitrogens is 1. The van der Waals surface area contributed by atoms with Crippen molar-refractivity contribution in [1.29, 1.82) is 0 Å². The number of benzene rings is 1. The highest BCUT2D eigenvalue weighted by atomic mass is 32.2. The van der Waals surface area contributed by atoms with Crippen molar-refractivity contribution in [2.24, 2.45) is 0 Å². The van der Waals surface area contributed by atoms with Gasteiger partial charge in [-0.15, -0.1) is 0 Å². The first-order chi connectivity index (χ1) is 11.7. The lowest BCUT2D eigenvalue weighted by Gasteiger charge is -2.27. The fourth-order valence-corrected chi connectivity index (χ4v) is 3.47. The number of ether oxygens (including phenoxy) is 1. The van der Waals surface area contributed by atoms with Gasteiger partial charge in [0.2, 0.25) is 5.88 Å². The van der Waals surface area contributed by atoms with E-state index in [1.54, 1.807) is 13.3 Å². The van der Waals surface area contributed by atoms with E-state index in [1.807, 2.05) is 53.9 Å². The Bertz CT molecular complexity index is 713. The molecule has 1 aromatic carbocycles. The summed E-state index contributed by atoms with van der Waals surface area (Å²) in [6.07, 6.45) is 1.77. The number of nitrogens with zero attached hydrogens (tertiary/aromatic N) is 2. The van der Waals surface area contributed by atoms with Crippen molar-refractivity contribution in [2.75, 3.05) is 37.0 Å². The SMILES string of the molecule is COc1ccc(-c2ccc(C)c(NC(=O)N3CCSCC3)c2)cn1. The molecule has 2 aromatic rings. The van der Waals surface area contributed by atoms with Crippen LogP contribution in [0.5, 0.6) is 5.88 Å². The van der Waals surface area contributed by atoms with Crippen molar-refractivity contribution in [3.8, 4) is 17.0 Å². The molecule has 1 saturated heterocycles. The molecule has 0 bridgehead atoms. The lowest BCUT2D eigenvalue weighted by Crippen LogP contribution is -2.40. The Kier molecular flexibility index (Phi) is 5.25. The van der Waals surface area contributed by atoms with Crippen molar-refractivity contribution < 1.29 is 9.53 Å². The molecule has 3 rings (SSSR count). The van der Waals surface area contributed by atoms with Gasteiger partial charge in [0.1, 0.15) is 0 Å². The zero-order valence-corrected chi connectivity index (χ0v) is 14.7. The van der Waals surface area contributed by atoms with Gasteiger partial charge in [-0.25, -0.2) is 9.78 Å². The largest absolute Gasteiger partial charge is 0.481 e. The van der Waals surface area contributed by atoms with Crippen LogP contribution in [0.4, 0.5) is 10.5 Å². The van der Waals surface area contributed by atoms with Crippen molar-refractivity contribution in [3.05, 3.63) is 42.1 Å². The van der Waals surface area contributed by atoms with E-state index in [0.29, 0.717) is 5.88 Å². The molecule has 1 fully saturated rings. The number of carbonyl (C=O) groups is 1. The van der Waals surface area contributed by atoms with E-state index in [-0.39, 0.29) is 6.03 Å². The quantitative estimate of drug-likeness (QED) is 0.924. The monoisotopic (exact) mass is 343 g/mol. The maximum Gasteiger partial charge on any atom is 0.321 e. The number of carbonyl (C=O) groups excluding carboxylic acids is 1. The number of nitrogens with one attached hydrogen (secondary N) is 1. The average Bonchev–Trinajstić information content (AvgIpc) is 2.64. The number of hydrogen-bond donors (Lipinski definition) is 1.